The highest BCUT2D eigenvalue weighted by Crippen LogP contribution is 2.52. The molecule has 2 aromatic carbocycles. The van der Waals surface area contributed by atoms with Crippen molar-refractivity contribution in [3.63, 3.8) is 0 Å². The second-order valence-corrected chi connectivity index (χ2v) is 5.93. The van der Waals surface area contributed by atoms with E-state index in [-0.39, 0.29) is 17.7 Å². The van der Waals surface area contributed by atoms with Crippen LogP contribution >= 0.6 is 0 Å². The summed E-state index contributed by atoms with van der Waals surface area (Å²) in [6.07, 6.45) is -3.28. The molecule has 0 saturated heterocycles. The van der Waals surface area contributed by atoms with Gasteiger partial charge < -0.3 is 9.64 Å². The summed E-state index contributed by atoms with van der Waals surface area (Å²) in [5.41, 5.74) is -1.32. The third-order valence-corrected chi connectivity index (χ3v) is 3.94. The number of fused-ring (bicyclic) bond motifs is 1. The zero-order chi connectivity index (χ0) is 17.4. The highest BCUT2D eigenvalue weighted by molar-refractivity contribution is 5.66. The second kappa shape index (κ2) is 5.85. The minimum atomic E-state index is -4.55. The van der Waals surface area contributed by atoms with Crippen LogP contribution in [-0.2, 0) is 12.0 Å². The van der Waals surface area contributed by atoms with Crippen LogP contribution < -0.4 is 4.74 Å². The maximum Gasteiger partial charge on any atom is 0.432 e. The van der Waals surface area contributed by atoms with Crippen molar-refractivity contribution in [1.29, 1.82) is 0 Å². The first-order valence-electron chi connectivity index (χ1n) is 7.47. The predicted octanol–water partition coefficient (Wildman–Crippen LogP) is 4.30. The monoisotopic (exact) mass is 334 g/mol. The van der Waals surface area contributed by atoms with Crippen LogP contribution in [0.3, 0.4) is 0 Å². The van der Waals surface area contributed by atoms with Gasteiger partial charge >= 0.3 is 6.18 Å². The van der Waals surface area contributed by atoms with Gasteiger partial charge in [-0.05, 0) is 12.1 Å². The van der Waals surface area contributed by atoms with Gasteiger partial charge in [-0.25, -0.2) is 4.99 Å². The number of aliphatic imine (C=N–C) groups is 1. The summed E-state index contributed by atoms with van der Waals surface area (Å²) >= 11 is 0. The van der Waals surface area contributed by atoms with E-state index in [1.54, 1.807) is 61.7 Å². The largest absolute Gasteiger partial charge is 0.472 e. The predicted molar refractivity (Wildman–Crippen MR) is 86.8 cm³/mol. The van der Waals surface area contributed by atoms with Gasteiger partial charge in [-0.3, -0.25) is 0 Å². The third-order valence-electron chi connectivity index (χ3n) is 3.94. The van der Waals surface area contributed by atoms with Crippen LogP contribution in [0.4, 0.5) is 18.9 Å². The number of ether oxygens (including phenoxy) is 1. The molecule has 0 spiro atoms. The van der Waals surface area contributed by atoms with Crippen molar-refractivity contribution in [2.24, 2.45) is 4.99 Å². The molecule has 2 aromatic rings. The van der Waals surface area contributed by atoms with E-state index < -0.39 is 11.8 Å². The number of hydrogen-bond acceptors (Lipinski definition) is 2. The highest BCUT2D eigenvalue weighted by atomic mass is 19.4. The van der Waals surface area contributed by atoms with Crippen LogP contribution in [0, 0.1) is 0 Å². The third kappa shape index (κ3) is 2.72. The van der Waals surface area contributed by atoms with Crippen LogP contribution in [0.15, 0.2) is 53.5 Å². The van der Waals surface area contributed by atoms with E-state index in [4.69, 9.17) is 4.74 Å². The Bertz CT molecular complexity index is 757. The van der Waals surface area contributed by atoms with Gasteiger partial charge in [-0.1, -0.05) is 36.4 Å². The molecule has 0 amide bonds. The minimum Gasteiger partial charge on any atom is -0.472 e. The highest BCUT2D eigenvalue weighted by Gasteiger charge is 2.61. The van der Waals surface area contributed by atoms with Crippen LogP contribution in [0.1, 0.15) is 11.1 Å². The Morgan fingerprint density at radius 2 is 1.79 bits per heavy atom. The van der Waals surface area contributed by atoms with Gasteiger partial charge in [-0.2, -0.15) is 13.2 Å². The number of nitrogens with zero attached hydrogens (tertiary/aromatic N) is 2. The Kier molecular flexibility index (Phi) is 3.99. The molecule has 1 atom stereocenters. The molecule has 3 nitrogen and oxygen atoms in total. The maximum atomic E-state index is 13.9. The lowest BCUT2D eigenvalue weighted by atomic mass is 9.88. The zero-order valence-corrected chi connectivity index (χ0v) is 13.3. The van der Waals surface area contributed by atoms with E-state index in [9.17, 15) is 13.2 Å². The number of benzene rings is 2. The Labute approximate surface area is 138 Å². The van der Waals surface area contributed by atoms with E-state index in [0.29, 0.717) is 11.3 Å². The van der Waals surface area contributed by atoms with E-state index >= 15 is 0 Å². The van der Waals surface area contributed by atoms with Gasteiger partial charge in [-0.15, -0.1) is 0 Å². The SMILES string of the molecule is CN(C)C=Nc1cccc2c1CC(c1ccccc1)(C(F)(F)F)O2. The topological polar surface area (TPSA) is 24.8 Å². The fourth-order valence-corrected chi connectivity index (χ4v) is 2.79. The molecule has 0 bridgehead atoms. The quantitative estimate of drug-likeness (QED) is 0.617. The van der Waals surface area contributed by atoms with Crippen molar-refractivity contribution in [2.45, 2.75) is 18.2 Å². The minimum absolute atomic E-state index is 0.0937. The molecule has 126 valence electrons. The smallest absolute Gasteiger partial charge is 0.432 e. The summed E-state index contributed by atoms with van der Waals surface area (Å²) in [4.78, 5) is 6.00. The average Bonchev–Trinajstić information content (AvgIpc) is 2.95. The molecule has 0 saturated carbocycles. The van der Waals surface area contributed by atoms with Gasteiger partial charge in [0, 0.05) is 31.6 Å². The Balaban J connectivity index is 2.09. The summed E-state index contributed by atoms with van der Waals surface area (Å²) in [5.74, 6) is 0.226. The van der Waals surface area contributed by atoms with Crippen molar-refractivity contribution in [1.82, 2.24) is 4.90 Å². The lowest BCUT2D eigenvalue weighted by molar-refractivity contribution is -0.248. The first-order valence-corrected chi connectivity index (χ1v) is 7.47. The molecule has 0 aromatic heterocycles. The molecule has 0 N–H and O–H groups in total. The van der Waals surface area contributed by atoms with E-state index in [1.165, 1.54) is 12.1 Å². The second-order valence-electron chi connectivity index (χ2n) is 5.93. The molecule has 1 aliphatic heterocycles. The van der Waals surface area contributed by atoms with Crippen molar-refractivity contribution >= 4 is 12.0 Å². The fraction of sp³-hybridized carbons (Fsp3) is 0.278. The molecule has 3 rings (SSSR count). The normalized spacial score (nSPS) is 20.0. The van der Waals surface area contributed by atoms with Crippen molar-refractivity contribution in [3.8, 4) is 5.75 Å². The van der Waals surface area contributed by atoms with E-state index in [0.717, 1.165) is 0 Å². The molecule has 6 heteroatoms. The van der Waals surface area contributed by atoms with Crippen LogP contribution in [0.25, 0.3) is 0 Å². The Hall–Kier alpha value is -2.50. The molecule has 0 radical (unpaired) electrons. The molecular formula is C18H17F3N2O. The molecular weight excluding hydrogens is 317 g/mol. The zero-order valence-electron chi connectivity index (χ0n) is 13.3. The molecule has 1 aliphatic rings. The summed E-state index contributed by atoms with van der Waals surface area (Å²) in [6.45, 7) is 0. The van der Waals surface area contributed by atoms with Crippen LogP contribution in [0.2, 0.25) is 0 Å². The molecule has 0 aliphatic carbocycles. The van der Waals surface area contributed by atoms with Gasteiger partial charge in [0.15, 0.2) is 0 Å². The number of hydrogen-bond donors (Lipinski definition) is 0. The van der Waals surface area contributed by atoms with Crippen LogP contribution in [-0.4, -0.2) is 31.5 Å². The summed E-state index contributed by atoms with van der Waals surface area (Å²) < 4.78 is 47.3. The lowest BCUT2D eigenvalue weighted by Gasteiger charge is -2.31. The number of alkyl halides is 3. The van der Waals surface area contributed by atoms with Gasteiger partial charge in [0.2, 0.25) is 5.60 Å². The molecule has 1 unspecified atom stereocenters. The number of halogens is 3. The van der Waals surface area contributed by atoms with Crippen molar-refractivity contribution in [2.75, 3.05) is 14.1 Å². The molecule has 1 heterocycles. The Morgan fingerprint density at radius 3 is 2.42 bits per heavy atom. The van der Waals surface area contributed by atoms with Gasteiger partial charge in [0.1, 0.15) is 5.75 Å². The fourth-order valence-electron chi connectivity index (χ4n) is 2.79. The first kappa shape index (κ1) is 16.4. The average molecular weight is 334 g/mol. The molecule has 0 fully saturated rings. The van der Waals surface area contributed by atoms with Gasteiger partial charge in [0.25, 0.3) is 0 Å². The maximum absolute atomic E-state index is 13.9. The lowest BCUT2D eigenvalue weighted by Crippen LogP contribution is -2.46. The summed E-state index contributed by atoms with van der Waals surface area (Å²) in [6, 6.07) is 12.6. The van der Waals surface area contributed by atoms with Crippen molar-refractivity contribution in [3.05, 3.63) is 59.7 Å². The Morgan fingerprint density at radius 1 is 1.08 bits per heavy atom. The van der Waals surface area contributed by atoms with Gasteiger partial charge in [0.05, 0.1) is 12.0 Å². The van der Waals surface area contributed by atoms with Crippen LogP contribution in [0.5, 0.6) is 5.75 Å². The number of rotatable bonds is 3. The standard InChI is InChI=1S/C18H17F3N2O/c1-23(2)12-22-15-9-6-10-16-14(15)11-17(24-16,18(19,20)21)13-7-4-3-5-8-13/h3-10,12H,11H2,1-2H3. The summed E-state index contributed by atoms with van der Waals surface area (Å²) in [7, 11) is 3.60. The van der Waals surface area contributed by atoms with E-state index in [1.807, 2.05) is 0 Å². The summed E-state index contributed by atoms with van der Waals surface area (Å²) in [5, 5.41) is 0. The van der Waals surface area contributed by atoms with Crippen molar-refractivity contribution < 1.29 is 17.9 Å². The molecule has 24 heavy (non-hydrogen) atoms. The first-order chi connectivity index (χ1) is 11.3. The van der Waals surface area contributed by atoms with E-state index in [2.05, 4.69) is 4.99 Å².